The van der Waals surface area contributed by atoms with Crippen LogP contribution in [0.4, 0.5) is 0 Å². The van der Waals surface area contributed by atoms with Gasteiger partial charge < -0.3 is 40.3 Å². The van der Waals surface area contributed by atoms with Crippen LogP contribution in [-0.4, -0.2) is 87.5 Å². The highest BCUT2D eigenvalue weighted by Crippen LogP contribution is 2.23. The Morgan fingerprint density at radius 1 is 0.479 bits per heavy atom. The molecule has 7 atom stereocenters. The standard InChI is InChI=1S/C64H111NO8/c1-3-5-7-9-11-13-15-17-19-20-21-22-23-24-25-26-27-28-29-30-31-32-33-34-35-36-37-38-40-42-44-46-48-50-52-54-60(68)65-57(56-72-64-63(71)62(70)61(69)59(55-66)73-64)58(67)53-51-49-47-45-43-41-39-18-16-14-12-10-8-6-4-2/h5,7,11,13,16-19,21-22,24-25,43,45,51,53,57-59,61-64,66-67,69-71H,3-4,6,8-10,12,14-15,20,23,26-42,44,46-50,52,54-56H2,1-2H3,(H,65,68)/b7-5-,13-11-,18-16+,19-17-,22-21-,25-24-,45-43+,53-51+. The van der Waals surface area contributed by atoms with Crippen LogP contribution in [-0.2, 0) is 14.3 Å². The first-order chi connectivity index (χ1) is 35.8. The number of aliphatic hydroxyl groups excluding tert-OH is 5. The van der Waals surface area contributed by atoms with Crippen molar-refractivity contribution in [2.45, 2.75) is 288 Å². The zero-order chi connectivity index (χ0) is 52.9. The SMILES string of the molecule is CC/C=C\C/C=C\C/C=C\C/C=C\C/C=C\CCCCCCCCCCCCCCCCCCCCCC(=O)NC(COC1OC(CO)C(O)C(O)C1O)C(O)/C=C/CC/C=C/CC/C=C/CCCCCCC. The molecule has 0 spiro atoms. The molecular formula is C64H111NO8. The van der Waals surface area contributed by atoms with Crippen molar-refractivity contribution < 1.29 is 39.8 Å². The van der Waals surface area contributed by atoms with E-state index < -0.39 is 49.5 Å². The van der Waals surface area contributed by atoms with Crippen molar-refractivity contribution in [1.29, 1.82) is 0 Å². The van der Waals surface area contributed by atoms with Gasteiger partial charge in [0.05, 0.1) is 25.4 Å². The molecule has 0 saturated carbocycles. The van der Waals surface area contributed by atoms with Crippen molar-refractivity contribution in [1.82, 2.24) is 5.32 Å². The largest absolute Gasteiger partial charge is 0.394 e. The van der Waals surface area contributed by atoms with E-state index in [1.165, 1.54) is 141 Å². The van der Waals surface area contributed by atoms with Gasteiger partial charge >= 0.3 is 0 Å². The van der Waals surface area contributed by atoms with Gasteiger partial charge in [-0.2, -0.15) is 0 Å². The first-order valence-corrected chi connectivity index (χ1v) is 30.0. The third-order valence-electron chi connectivity index (χ3n) is 13.6. The van der Waals surface area contributed by atoms with Gasteiger partial charge in [0.15, 0.2) is 6.29 Å². The Morgan fingerprint density at radius 2 is 0.863 bits per heavy atom. The van der Waals surface area contributed by atoms with Gasteiger partial charge in [-0.1, -0.05) is 246 Å². The Hall–Kier alpha value is -2.89. The van der Waals surface area contributed by atoms with Crippen molar-refractivity contribution in [3.8, 4) is 0 Å². The maximum Gasteiger partial charge on any atom is 0.220 e. The van der Waals surface area contributed by atoms with E-state index in [2.05, 4.69) is 104 Å². The van der Waals surface area contributed by atoms with E-state index in [9.17, 15) is 30.3 Å². The second-order valence-corrected chi connectivity index (χ2v) is 20.4. The van der Waals surface area contributed by atoms with Gasteiger partial charge in [0, 0.05) is 6.42 Å². The lowest BCUT2D eigenvalue weighted by molar-refractivity contribution is -0.302. The molecular weight excluding hydrogens is 911 g/mol. The fourth-order valence-corrected chi connectivity index (χ4v) is 8.92. The molecule has 1 fully saturated rings. The fraction of sp³-hybridized carbons (Fsp3) is 0.734. The second-order valence-electron chi connectivity index (χ2n) is 20.4. The molecule has 1 saturated heterocycles. The highest BCUT2D eigenvalue weighted by atomic mass is 16.7. The van der Waals surface area contributed by atoms with Crippen molar-refractivity contribution in [2.24, 2.45) is 0 Å². The highest BCUT2D eigenvalue weighted by Gasteiger charge is 2.44. The number of hydrogen-bond acceptors (Lipinski definition) is 8. The number of aliphatic hydroxyl groups is 5. The van der Waals surface area contributed by atoms with Gasteiger partial charge in [0.2, 0.25) is 5.91 Å². The fourth-order valence-electron chi connectivity index (χ4n) is 8.92. The van der Waals surface area contributed by atoms with Crippen LogP contribution in [0.3, 0.4) is 0 Å². The Kier molecular flexibility index (Phi) is 49.0. The van der Waals surface area contributed by atoms with E-state index in [1.54, 1.807) is 6.08 Å². The van der Waals surface area contributed by atoms with Crippen LogP contribution in [0.5, 0.6) is 0 Å². The smallest absolute Gasteiger partial charge is 0.220 e. The number of ether oxygens (including phenoxy) is 2. The molecule has 0 aliphatic carbocycles. The van der Waals surface area contributed by atoms with Crippen molar-refractivity contribution >= 4 is 5.91 Å². The molecule has 73 heavy (non-hydrogen) atoms. The number of unbranched alkanes of at least 4 members (excludes halogenated alkanes) is 26. The number of amides is 1. The monoisotopic (exact) mass is 1020 g/mol. The van der Waals surface area contributed by atoms with Crippen LogP contribution in [0.1, 0.15) is 245 Å². The molecule has 420 valence electrons. The van der Waals surface area contributed by atoms with E-state index in [-0.39, 0.29) is 12.5 Å². The van der Waals surface area contributed by atoms with Gasteiger partial charge in [0.25, 0.3) is 0 Å². The first-order valence-electron chi connectivity index (χ1n) is 30.0. The summed E-state index contributed by atoms with van der Waals surface area (Å²) in [5.74, 6) is -0.192. The summed E-state index contributed by atoms with van der Waals surface area (Å²) < 4.78 is 11.2. The van der Waals surface area contributed by atoms with E-state index >= 15 is 0 Å². The zero-order valence-corrected chi connectivity index (χ0v) is 46.6. The zero-order valence-electron chi connectivity index (χ0n) is 46.6. The quantitative estimate of drug-likeness (QED) is 0.0261. The van der Waals surface area contributed by atoms with Crippen molar-refractivity contribution in [3.05, 3.63) is 97.2 Å². The lowest BCUT2D eigenvalue weighted by Crippen LogP contribution is -2.60. The Labute approximate surface area is 447 Å². The van der Waals surface area contributed by atoms with Crippen LogP contribution in [0, 0.1) is 0 Å². The summed E-state index contributed by atoms with van der Waals surface area (Å²) in [6.45, 7) is 3.63. The Balaban J connectivity index is 2.13. The summed E-state index contributed by atoms with van der Waals surface area (Å²) >= 11 is 0. The van der Waals surface area contributed by atoms with Crippen molar-refractivity contribution in [2.75, 3.05) is 13.2 Å². The summed E-state index contributed by atoms with van der Waals surface area (Å²) in [7, 11) is 0. The summed E-state index contributed by atoms with van der Waals surface area (Å²) in [5, 5.41) is 54.4. The van der Waals surface area contributed by atoms with Crippen LogP contribution in [0.25, 0.3) is 0 Å². The number of nitrogens with one attached hydrogen (secondary N) is 1. The van der Waals surface area contributed by atoms with Gasteiger partial charge in [-0.15, -0.1) is 0 Å². The second kappa shape index (κ2) is 52.5. The molecule has 1 aliphatic rings. The average molecular weight is 1020 g/mol. The molecule has 1 rings (SSSR count). The predicted octanol–water partition coefficient (Wildman–Crippen LogP) is 15.2. The van der Waals surface area contributed by atoms with Gasteiger partial charge in [-0.05, 0) is 89.9 Å². The summed E-state index contributed by atoms with van der Waals surface area (Å²) in [6.07, 6.45) is 69.2. The number of allylic oxidation sites excluding steroid dienone is 15. The average Bonchev–Trinajstić information content (AvgIpc) is 3.39. The first kappa shape index (κ1) is 68.1. The van der Waals surface area contributed by atoms with Crippen LogP contribution >= 0.6 is 0 Å². The molecule has 0 aromatic carbocycles. The van der Waals surface area contributed by atoms with E-state index in [4.69, 9.17) is 9.47 Å². The maximum absolute atomic E-state index is 13.0. The number of hydrogen-bond donors (Lipinski definition) is 6. The highest BCUT2D eigenvalue weighted by molar-refractivity contribution is 5.76. The molecule has 1 heterocycles. The minimum atomic E-state index is -1.58. The topological polar surface area (TPSA) is 149 Å². The van der Waals surface area contributed by atoms with Crippen LogP contribution in [0.2, 0.25) is 0 Å². The summed E-state index contributed by atoms with van der Waals surface area (Å²) in [5.41, 5.74) is 0. The molecule has 9 heteroatoms. The molecule has 0 aromatic rings. The van der Waals surface area contributed by atoms with Crippen LogP contribution < -0.4 is 5.32 Å². The van der Waals surface area contributed by atoms with E-state index in [0.717, 1.165) is 83.5 Å². The molecule has 1 amide bonds. The molecule has 6 N–H and O–H groups in total. The Bertz CT molecular complexity index is 1460. The molecule has 0 aromatic heterocycles. The van der Waals surface area contributed by atoms with E-state index in [1.807, 2.05) is 6.08 Å². The van der Waals surface area contributed by atoms with E-state index in [0.29, 0.717) is 6.42 Å². The summed E-state index contributed by atoms with van der Waals surface area (Å²) in [4.78, 5) is 13.0. The van der Waals surface area contributed by atoms with Crippen LogP contribution in [0.15, 0.2) is 97.2 Å². The number of rotatable bonds is 50. The van der Waals surface area contributed by atoms with Gasteiger partial charge in [-0.25, -0.2) is 0 Å². The normalized spacial score (nSPS) is 19.8. The third kappa shape index (κ3) is 42.0. The maximum atomic E-state index is 13.0. The third-order valence-corrected chi connectivity index (χ3v) is 13.6. The molecule has 0 bridgehead atoms. The molecule has 1 aliphatic heterocycles. The molecule has 9 nitrogen and oxygen atoms in total. The predicted molar refractivity (Wildman–Crippen MR) is 308 cm³/mol. The van der Waals surface area contributed by atoms with Gasteiger partial charge in [-0.3, -0.25) is 4.79 Å². The number of carbonyl (C=O) groups is 1. The Morgan fingerprint density at radius 3 is 1.32 bits per heavy atom. The molecule has 0 radical (unpaired) electrons. The number of carbonyl (C=O) groups excluding carboxylic acids is 1. The molecule has 7 unspecified atom stereocenters. The lowest BCUT2D eigenvalue weighted by atomic mass is 9.99. The van der Waals surface area contributed by atoms with Crippen molar-refractivity contribution in [3.63, 3.8) is 0 Å². The summed E-state index contributed by atoms with van der Waals surface area (Å²) in [6, 6.07) is -0.831. The lowest BCUT2D eigenvalue weighted by Gasteiger charge is -2.40. The minimum Gasteiger partial charge on any atom is -0.394 e. The van der Waals surface area contributed by atoms with Gasteiger partial charge in [0.1, 0.15) is 24.4 Å². The minimum absolute atomic E-state index is 0.192.